The topological polar surface area (TPSA) is 122 Å². The Morgan fingerprint density at radius 3 is 1.73 bits per heavy atom. The Hall–Kier alpha value is -5.21. The van der Waals surface area contributed by atoms with Gasteiger partial charge in [0.1, 0.15) is 12.4 Å². The summed E-state index contributed by atoms with van der Waals surface area (Å²) < 4.78 is 10.7. The minimum atomic E-state index is -1.26. The minimum absolute atomic E-state index is 0.334. The van der Waals surface area contributed by atoms with E-state index in [2.05, 4.69) is 85.0 Å². The van der Waals surface area contributed by atoms with Crippen LogP contribution in [0, 0.1) is 0 Å². The Balaban J connectivity index is 0.000000610. The van der Waals surface area contributed by atoms with Gasteiger partial charge in [-0.25, -0.2) is 14.4 Å². The van der Waals surface area contributed by atoms with E-state index in [9.17, 15) is 14.4 Å². The van der Waals surface area contributed by atoms with Gasteiger partial charge in [-0.05, 0) is 72.8 Å². The average molecular weight is 610 g/mol. The maximum atomic E-state index is 11.6. The van der Waals surface area contributed by atoms with Crippen molar-refractivity contribution in [1.82, 2.24) is 5.32 Å². The number of esters is 1. The number of aliphatic carboxylic acids is 2. The van der Waals surface area contributed by atoms with E-state index in [0.29, 0.717) is 36.3 Å². The van der Waals surface area contributed by atoms with Crippen LogP contribution >= 0.6 is 0 Å². The van der Waals surface area contributed by atoms with Crippen molar-refractivity contribution in [2.75, 3.05) is 13.7 Å². The van der Waals surface area contributed by atoms with Crippen molar-refractivity contribution >= 4 is 17.9 Å². The number of benzene rings is 4. The fourth-order valence-electron chi connectivity index (χ4n) is 4.68. The van der Waals surface area contributed by atoms with Gasteiger partial charge < -0.3 is 25.0 Å². The van der Waals surface area contributed by atoms with E-state index in [0.717, 1.165) is 30.7 Å². The van der Waals surface area contributed by atoms with Crippen molar-refractivity contribution < 1.29 is 34.1 Å². The standard InChI is InChI=1S/C33H35NO3.C4H4O4/c1-25(34-22-21-32(28-9-5-3-6-10-28)29-11-7-4-8-12-29)23-26-15-19-31(20-16-26)37-24-27-13-17-30(18-14-27)33(35)36-2;5-3(6)1-2-4(7)8/h3-20,25,32,34H,21-24H2,1-2H3;1-2H,(H,5,6)(H,7,8). The Bertz CT molecular complexity index is 1450. The first-order valence-corrected chi connectivity index (χ1v) is 14.6. The smallest absolute Gasteiger partial charge is 0.337 e. The molecule has 45 heavy (non-hydrogen) atoms. The zero-order valence-electron chi connectivity index (χ0n) is 25.5. The fourth-order valence-corrected chi connectivity index (χ4v) is 4.68. The van der Waals surface area contributed by atoms with Gasteiger partial charge in [0.25, 0.3) is 0 Å². The van der Waals surface area contributed by atoms with E-state index < -0.39 is 11.9 Å². The third kappa shape index (κ3) is 12.5. The van der Waals surface area contributed by atoms with Crippen LogP contribution in [0.25, 0.3) is 0 Å². The van der Waals surface area contributed by atoms with Gasteiger partial charge in [0.2, 0.25) is 0 Å². The molecule has 0 spiro atoms. The number of hydrogen-bond acceptors (Lipinski definition) is 6. The number of carbonyl (C=O) groups is 3. The summed E-state index contributed by atoms with van der Waals surface area (Å²) >= 11 is 0. The first-order valence-electron chi connectivity index (χ1n) is 14.6. The summed E-state index contributed by atoms with van der Waals surface area (Å²) in [6.07, 6.45) is 3.12. The molecule has 0 aliphatic heterocycles. The van der Waals surface area contributed by atoms with Crippen LogP contribution < -0.4 is 10.1 Å². The molecule has 1 atom stereocenters. The number of carboxylic acids is 2. The molecular formula is C37H39NO7. The number of carboxylic acid groups (broad SMARTS) is 2. The molecule has 4 aromatic carbocycles. The highest BCUT2D eigenvalue weighted by Crippen LogP contribution is 2.27. The zero-order chi connectivity index (χ0) is 32.4. The quantitative estimate of drug-likeness (QED) is 0.109. The van der Waals surface area contributed by atoms with Crippen LogP contribution in [0.5, 0.6) is 5.75 Å². The molecule has 0 saturated heterocycles. The summed E-state index contributed by atoms with van der Waals surface area (Å²) in [5.41, 5.74) is 5.53. The van der Waals surface area contributed by atoms with Crippen LogP contribution in [-0.2, 0) is 27.4 Å². The first kappa shape index (κ1) is 34.3. The predicted octanol–water partition coefficient (Wildman–Crippen LogP) is 6.51. The van der Waals surface area contributed by atoms with Gasteiger partial charge in [-0.15, -0.1) is 0 Å². The summed E-state index contributed by atoms with van der Waals surface area (Å²) in [7, 11) is 1.38. The third-order valence-electron chi connectivity index (χ3n) is 6.94. The molecule has 0 aliphatic rings. The van der Waals surface area contributed by atoms with Crippen molar-refractivity contribution in [3.63, 3.8) is 0 Å². The lowest BCUT2D eigenvalue weighted by Crippen LogP contribution is -2.30. The molecule has 0 heterocycles. The number of ether oxygens (including phenoxy) is 2. The van der Waals surface area contributed by atoms with Crippen LogP contribution in [0.2, 0.25) is 0 Å². The lowest BCUT2D eigenvalue weighted by Gasteiger charge is -2.20. The maximum absolute atomic E-state index is 11.6. The normalized spacial score (nSPS) is 11.4. The summed E-state index contributed by atoms with van der Waals surface area (Å²) in [6.45, 7) is 3.64. The minimum Gasteiger partial charge on any atom is -0.489 e. The maximum Gasteiger partial charge on any atom is 0.337 e. The molecule has 0 radical (unpaired) electrons. The van der Waals surface area contributed by atoms with Crippen molar-refractivity contribution in [3.8, 4) is 5.75 Å². The van der Waals surface area contributed by atoms with Gasteiger partial charge in [0.15, 0.2) is 0 Å². The van der Waals surface area contributed by atoms with E-state index in [4.69, 9.17) is 19.7 Å². The fraction of sp³-hybridized carbons (Fsp3) is 0.216. The zero-order valence-corrected chi connectivity index (χ0v) is 25.5. The van der Waals surface area contributed by atoms with Crippen LogP contribution in [0.15, 0.2) is 121 Å². The highest BCUT2D eigenvalue weighted by molar-refractivity contribution is 5.90. The second kappa shape index (κ2) is 18.5. The summed E-state index contributed by atoms with van der Waals surface area (Å²) in [5, 5.41) is 19.3. The van der Waals surface area contributed by atoms with Crippen molar-refractivity contribution in [2.45, 2.75) is 38.3 Å². The van der Waals surface area contributed by atoms with E-state index in [1.807, 2.05) is 24.3 Å². The second-order valence-corrected chi connectivity index (χ2v) is 10.4. The highest BCUT2D eigenvalue weighted by atomic mass is 16.5. The van der Waals surface area contributed by atoms with E-state index >= 15 is 0 Å². The monoisotopic (exact) mass is 609 g/mol. The van der Waals surface area contributed by atoms with Gasteiger partial charge in [-0.3, -0.25) is 0 Å². The lowest BCUT2D eigenvalue weighted by atomic mass is 9.88. The largest absolute Gasteiger partial charge is 0.489 e. The Morgan fingerprint density at radius 1 is 0.733 bits per heavy atom. The number of rotatable bonds is 14. The Kier molecular flexibility index (Phi) is 14.1. The molecule has 8 nitrogen and oxygen atoms in total. The van der Waals surface area contributed by atoms with Crippen LogP contribution in [0.1, 0.15) is 51.9 Å². The molecule has 3 N–H and O–H groups in total. The van der Waals surface area contributed by atoms with Crippen molar-refractivity contribution in [3.05, 3.63) is 149 Å². The van der Waals surface area contributed by atoms with Gasteiger partial charge in [-0.2, -0.15) is 0 Å². The van der Waals surface area contributed by atoms with Crippen molar-refractivity contribution in [1.29, 1.82) is 0 Å². The van der Waals surface area contributed by atoms with E-state index in [1.165, 1.54) is 23.8 Å². The SMILES string of the molecule is COC(=O)c1ccc(COc2ccc(CC(C)NCCC(c3ccccc3)c3ccccc3)cc2)cc1.O=C(O)C=CC(=O)O. The Labute approximate surface area is 264 Å². The van der Waals surface area contributed by atoms with Crippen LogP contribution in [-0.4, -0.2) is 47.8 Å². The molecule has 4 aromatic rings. The van der Waals surface area contributed by atoms with Crippen LogP contribution in [0.4, 0.5) is 0 Å². The lowest BCUT2D eigenvalue weighted by molar-refractivity contribution is -0.134. The third-order valence-corrected chi connectivity index (χ3v) is 6.94. The van der Waals surface area contributed by atoms with Gasteiger partial charge >= 0.3 is 17.9 Å². The molecular weight excluding hydrogens is 570 g/mol. The predicted molar refractivity (Wildman–Crippen MR) is 173 cm³/mol. The number of nitrogens with one attached hydrogen (secondary N) is 1. The summed E-state index contributed by atoms with van der Waals surface area (Å²) in [5.74, 6) is -1.64. The van der Waals surface area contributed by atoms with Gasteiger partial charge in [0.05, 0.1) is 12.7 Å². The van der Waals surface area contributed by atoms with Gasteiger partial charge in [0, 0.05) is 24.1 Å². The van der Waals surface area contributed by atoms with E-state index in [1.54, 1.807) is 12.1 Å². The summed E-state index contributed by atoms with van der Waals surface area (Å²) in [6, 6.07) is 37.5. The molecule has 0 fully saturated rings. The highest BCUT2D eigenvalue weighted by Gasteiger charge is 2.14. The van der Waals surface area contributed by atoms with E-state index in [-0.39, 0.29) is 5.97 Å². The molecule has 0 aromatic heterocycles. The molecule has 0 bridgehead atoms. The second-order valence-electron chi connectivity index (χ2n) is 10.4. The number of carbonyl (C=O) groups excluding carboxylic acids is 1. The summed E-state index contributed by atoms with van der Waals surface area (Å²) in [4.78, 5) is 30.7. The molecule has 8 heteroatoms. The number of hydrogen-bond donors (Lipinski definition) is 3. The van der Waals surface area contributed by atoms with Gasteiger partial charge in [-0.1, -0.05) is 84.9 Å². The Morgan fingerprint density at radius 2 is 1.24 bits per heavy atom. The molecule has 0 aliphatic carbocycles. The molecule has 0 amide bonds. The molecule has 1 unspecified atom stereocenters. The van der Waals surface area contributed by atoms with Crippen LogP contribution in [0.3, 0.4) is 0 Å². The molecule has 234 valence electrons. The number of methoxy groups -OCH3 is 1. The molecule has 4 rings (SSSR count). The first-order chi connectivity index (χ1) is 21.7. The molecule has 0 saturated carbocycles. The average Bonchev–Trinajstić information content (AvgIpc) is 3.06. The van der Waals surface area contributed by atoms with Crippen molar-refractivity contribution in [2.24, 2.45) is 0 Å².